The van der Waals surface area contributed by atoms with Gasteiger partial charge in [0.1, 0.15) is 11.4 Å². The molecule has 3 heterocycles. The number of furan rings is 1. The molecular weight excluding hydrogens is 579 g/mol. The normalized spacial score (nSPS) is 11.7. The monoisotopic (exact) mass is 589 g/mol. The van der Waals surface area contributed by atoms with E-state index in [1.54, 1.807) is 35.2 Å². The Morgan fingerprint density at radius 1 is 1.23 bits per heavy atom. The molecule has 0 amide bonds. The summed E-state index contributed by atoms with van der Waals surface area (Å²) in [5.41, 5.74) is 1.94. The van der Waals surface area contributed by atoms with Crippen molar-refractivity contribution in [2.24, 2.45) is 4.99 Å². The van der Waals surface area contributed by atoms with Gasteiger partial charge >= 0.3 is 0 Å². The van der Waals surface area contributed by atoms with E-state index >= 15 is 0 Å². The molecule has 0 bridgehead atoms. The molecule has 0 aliphatic rings. The highest BCUT2D eigenvalue weighted by Gasteiger charge is 2.16. The molecule has 0 saturated carbocycles. The Morgan fingerprint density at radius 2 is 2.08 bits per heavy atom. The summed E-state index contributed by atoms with van der Waals surface area (Å²) in [5.74, 6) is 1.38. The van der Waals surface area contributed by atoms with Crippen LogP contribution in [0.5, 0.6) is 5.75 Å². The van der Waals surface area contributed by atoms with Crippen molar-refractivity contribution in [3.8, 4) is 17.2 Å². The fourth-order valence-corrected chi connectivity index (χ4v) is 4.57. The van der Waals surface area contributed by atoms with Crippen molar-refractivity contribution in [1.82, 2.24) is 9.38 Å². The minimum absolute atomic E-state index is 0.196. The molecule has 0 aliphatic carbocycles. The Hall–Kier alpha value is -1.59. The third-order valence-electron chi connectivity index (χ3n) is 3.70. The quantitative estimate of drug-likeness (QED) is 0.239. The highest BCUT2D eigenvalue weighted by Crippen LogP contribution is 2.33. The van der Waals surface area contributed by atoms with Crippen LogP contribution in [0.15, 0.2) is 58.3 Å². The lowest BCUT2D eigenvalue weighted by Crippen LogP contribution is -1.89. The molecule has 0 fully saturated rings. The van der Waals surface area contributed by atoms with Crippen LogP contribution in [-0.2, 0) is 0 Å². The van der Waals surface area contributed by atoms with E-state index in [2.05, 4.69) is 55.2 Å². The van der Waals surface area contributed by atoms with Gasteiger partial charge in [-0.3, -0.25) is 4.40 Å². The minimum atomic E-state index is 0.196. The van der Waals surface area contributed by atoms with Crippen LogP contribution in [0.4, 0.5) is 5.82 Å². The summed E-state index contributed by atoms with van der Waals surface area (Å²) in [4.78, 5) is 9.19. The molecule has 1 N–H and O–H groups in total. The Labute approximate surface area is 181 Å². The largest absolute Gasteiger partial charge is 0.506 e. The van der Waals surface area contributed by atoms with Gasteiger partial charge in [0.15, 0.2) is 17.3 Å². The number of phenolic OH excluding ortho intramolecular Hbond substituents is 1. The molecule has 26 heavy (non-hydrogen) atoms. The number of phenols is 1. The molecule has 4 rings (SSSR count). The van der Waals surface area contributed by atoms with Crippen LogP contribution in [-0.4, -0.2) is 20.7 Å². The summed E-state index contributed by atoms with van der Waals surface area (Å²) >= 11 is 10.4. The first-order chi connectivity index (χ1) is 12.5. The van der Waals surface area contributed by atoms with Gasteiger partial charge in [0.2, 0.25) is 0 Å². The average Bonchev–Trinajstić information content (AvgIpc) is 3.24. The molecule has 130 valence electrons. The standard InChI is InChI=1S/C18H10ClI2N3O2/c19-11-3-4-15-23-16(14-2-1-5-26-14)18(24(15)9-11)22-8-10-6-12(20)7-13(21)17(10)25/h1-9,25H. The molecule has 4 aromatic rings. The number of halogens is 3. The van der Waals surface area contributed by atoms with Gasteiger partial charge in [-0.15, -0.1) is 0 Å². The van der Waals surface area contributed by atoms with Crippen LogP contribution in [0.1, 0.15) is 5.56 Å². The maximum absolute atomic E-state index is 10.3. The third kappa shape index (κ3) is 3.35. The maximum atomic E-state index is 10.3. The molecule has 0 unspecified atom stereocenters. The van der Waals surface area contributed by atoms with Crippen molar-refractivity contribution in [3.05, 3.63) is 66.6 Å². The molecule has 5 nitrogen and oxygen atoms in total. The first-order valence-corrected chi connectivity index (χ1v) is 10.00. The molecule has 3 aromatic heterocycles. The lowest BCUT2D eigenvalue weighted by Gasteiger charge is -2.03. The van der Waals surface area contributed by atoms with Gasteiger partial charge in [-0.2, -0.15) is 0 Å². The Bertz CT molecular complexity index is 1140. The van der Waals surface area contributed by atoms with Gasteiger partial charge < -0.3 is 9.52 Å². The van der Waals surface area contributed by atoms with Crippen molar-refractivity contribution in [2.45, 2.75) is 0 Å². The van der Waals surface area contributed by atoms with E-state index in [9.17, 15) is 5.11 Å². The number of fused-ring (bicyclic) bond motifs is 1. The van der Waals surface area contributed by atoms with Crippen molar-refractivity contribution in [2.75, 3.05) is 0 Å². The van der Waals surface area contributed by atoms with E-state index in [0.29, 0.717) is 33.5 Å². The molecule has 0 atom stereocenters. The zero-order valence-electron chi connectivity index (χ0n) is 13.0. The summed E-state index contributed by atoms with van der Waals surface area (Å²) in [5, 5.41) is 10.9. The number of hydrogen-bond acceptors (Lipinski definition) is 4. The molecule has 0 spiro atoms. The lowest BCUT2D eigenvalue weighted by molar-refractivity contribution is 0.470. The van der Waals surface area contributed by atoms with E-state index in [0.717, 1.165) is 7.14 Å². The van der Waals surface area contributed by atoms with E-state index in [4.69, 9.17) is 16.0 Å². The smallest absolute Gasteiger partial charge is 0.168 e. The first-order valence-electron chi connectivity index (χ1n) is 7.46. The summed E-state index contributed by atoms with van der Waals surface area (Å²) in [6.45, 7) is 0. The zero-order valence-corrected chi connectivity index (χ0v) is 18.1. The Morgan fingerprint density at radius 3 is 2.85 bits per heavy atom. The molecule has 0 radical (unpaired) electrons. The number of aliphatic imine (C=N–C) groups is 1. The number of rotatable bonds is 3. The highest BCUT2D eigenvalue weighted by molar-refractivity contribution is 14.1. The minimum Gasteiger partial charge on any atom is -0.506 e. The number of aromatic hydroxyl groups is 1. The van der Waals surface area contributed by atoms with E-state index < -0.39 is 0 Å². The Balaban J connectivity index is 1.90. The van der Waals surface area contributed by atoms with Crippen LogP contribution in [0.2, 0.25) is 5.02 Å². The van der Waals surface area contributed by atoms with Gasteiger partial charge in [-0.05, 0) is 81.6 Å². The van der Waals surface area contributed by atoms with Gasteiger partial charge in [0.05, 0.1) is 14.9 Å². The van der Waals surface area contributed by atoms with Gasteiger partial charge in [-0.1, -0.05) is 11.6 Å². The van der Waals surface area contributed by atoms with Crippen molar-refractivity contribution < 1.29 is 9.52 Å². The van der Waals surface area contributed by atoms with E-state index in [1.165, 1.54) is 0 Å². The maximum Gasteiger partial charge on any atom is 0.168 e. The predicted molar refractivity (Wildman–Crippen MR) is 119 cm³/mol. The fourth-order valence-electron chi connectivity index (χ4n) is 2.52. The summed E-state index contributed by atoms with van der Waals surface area (Å²) in [6.07, 6.45) is 4.96. The molecule has 0 aliphatic heterocycles. The lowest BCUT2D eigenvalue weighted by atomic mass is 10.2. The molecule has 8 heteroatoms. The Kier molecular flexibility index (Phi) is 4.93. The average molecular weight is 590 g/mol. The molecular formula is C18H10ClI2N3O2. The number of imidazole rings is 1. The third-order valence-corrected chi connectivity index (χ3v) is 5.36. The SMILES string of the molecule is Oc1c(I)cc(I)cc1C=Nc1c(-c2ccco2)nc2ccc(Cl)cn12. The topological polar surface area (TPSA) is 63.0 Å². The predicted octanol–water partition coefficient (Wildman–Crippen LogP) is 5.91. The van der Waals surface area contributed by atoms with E-state index in [-0.39, 0.29) is 5.75 Å². The van der Waals surface area contributed by atoms with Crippen LogP contribution >= 0.6 is 56.8 Å². The zero-order chi connectivity index (χ0) is 18.3. The van der Waals surface area contributed by atoms with E-state index in [1.807, 2.05) is 24.3 Å². The highest BCUT2D eigenvalue weighted by atomic mass is 127. The second-order valence-electron chi connectivity index (χ2n) is 5.42. The number of nitrogens with zero attached hydrogens (tertiary/aromatic N) is 3. The summed E-state index contributed by atoms with van der Waals surface area (Å²) < 4.78 is 9.08. The van der Waals surface area contributed by atoms with Crippen molar-refractivity contribution >= 4 is 74.5 Å². The second-order valence-corrected chi connectivity index (χ2v) is 8.26. The van der Waals surface area contributed by atoms with Gasteiger partial charge in [0, 0.05) is 21.5 Å². The van der Waals surface area contributed by atoms with Crippen molar-refractivity contribution in [1.29, 1.82) is 0 Å². The number of pyridine rings is 1. The summed E-state index contributed by atoms with van der Waals surface area (Å²) in [6, 6.07) is 11.0. The summed E-state index contributed by atoms with van der Waals surface area (Å²) in [7, 11) is 0. The first kappa shape index (κ1) is 17.8. The van der Waals surface area contributed by atoms with Crippen LogP contribution in [0, 0.1) is 7.14 Å². The van der Waals surface area contributed by atoms with Crippen LogP contribution in [0.3, 0.4) is 0 Å². The van der Waals surface area contributed by atoms with Crippen LogP contribution in [0.25, 0.3) is 17.1 Å². The fraction of sp³-hybridized carbons (Fsp3) is 0. The number of benzene rings is 1. The van der Waals surface area contributed by atoms with Crippen molar-refractivity contribution in [3.63, 3.8) is 0 Å². The molecule has 1 aromatic carbocycles. The molecule has 0 saturated heterocycles. The van der Waals surface area contributed by atoms with Gasteiger partial charge in [0.25, 0.3) is 0 Å². The van der Waals surface area contributed by atoms with Crippen LogP contribution < -0.4 is 0 Å². The number of hydrogen-bond donors (Lipinski definition) is 1. The van der Waals surface area contributed by atoms with Gasteiger partial charge in [-0.25, -0.2) is 9.98 Å². The number of aromatic nitrogens is 2. The second kappa shape index (κ2) is 7.20.